The van der Waals surface area contributed by atoms with Crippen molar-refractivity contribution in [2.45, 2.75) is 57.8 Å². The van der Waals surface area contributed by atoms with E-state index >= 15 is 0 Å². The first-order valence-electron chi connectivity index (χ1n) is 12.4. The van der Waals surface area contributed by atoms with Crippen LogP contribution in [-0.2, 0) is 44.9 Å². The van der Waals surface area contributed by atoms with Crippen LogP contribution < -0.4 is 22.9 Å². The summed E-state index contributed by atoms with van der Waals surface area (Å²) in [6.07, 6.45) is 3.93. The van der Waals surface area contributed by atoms with E-state index in [2.05, 4.69) is 6.07 Å². The maximum absolute atomic E-state index is 13.1. The van der Waals surface area contributed by atoms with Crippen LogP contribution in [0.5, 0.6) is 0 Å². The van der Waals surface area contributed by atoms with Gasteiger partial charge in [0.2, 0.25) is 23.6 Å². The Morgan fingerprint density at radius 3 is 2.11 bits per heavy atom. The largest absolute Gasteiger partial charge is 0.370 e. The van der Waals surface area contributed by atoms with E-state index in [0.717, 1.165) is 22.3 Å². The molecule has 2 aromatic carbocycles. The van der Waals surface area contributed by atoms with Crippen molar-refractivity contribution in [3.8, 4) is 0 Å². The quantitative estimate of drug-likeness (QED) is 0.333. The molecule has 0 radical (unpaired) electrons. The minimum Gasteiger partial charge on any atom is -0.370 e. The molecule has 1 aliphatic carbocycles. The van der Waals surface area contributed by atoms with Gasteiger partial charge in [0.25, 0.3) is 0 Å². The maximum Gasteiger partial charge on any atom is 0.224 e. The Kier molecular flexibility index (Phi) is 8.85. The normalized spacial score (nSPS) is 19.7. The van der Waals surface area contributed by atoms with Crippen LogP contribution in [0.25, 0.3) is 0 Å². The van der Waals surface area contributed by atoms with Crippen LogP contribution in [-0.4, -0.2) is 23.6 Å². The van der Waals surface area contributed by atoms with Crippen LogP contribution in [0.3, 0.4) is 0 Å². The minimum absolute atomic E-state index is 0.133. The third-order valence-corrected chi connectivity index (χ3v) is 7.41. The van der Waals surface area contributed by atoms with Crippen LogP contribution in [0.4, 0.5) is 0 Å². The smallest absolute Gasteiger partial charge is 0.224 e. The summed E-state index contributed by atoms with van der Waals surface area (Å²) in [7, 11) is 0. The lowest BCUT2D eigenvalue weighted by Crippen LogP contribution is -2.47. The fourth-order valence-corrected chi connectivity index (χ4v) is 5.44. The van der Waals surface area contributed by atoms with E-state index in [4.69, 9.17) is 22.9 Å². The summed E-state index contributed by atoms with van der Waals surface area (Å²) < 4.78 is 0. The lowest BCUT2D eigenvalue weighted by Gasteiger charge is -2.37. The van der Waals surface area contributed by atoms with Crippen molar-refractivity contribution in [3.05, 3.63) is 70.8 Å². The predicted molar refractivity (Wildman–Crippen MR) is 137 cm³/mol. The molecule has 3 atom stereocenters. The zero-order chi connectivity index (χ0) is 26.3. The molecule has 0 spiro atoms. The molecule has 0 aromatic heterocycles. The van der Waals surface area contributed by atoms with Gasteiger partial charge in [0.15, 0.2) is 0 Å². The van der Waals surface area contributed by atoms with Crippen LogP contribution in [0, 0.1) is 17.3 Å². The summed E-state index contributed by atoms with van der Waals surface area (Å²) in [6, 6.07) is 15.9. The number of carbonyl (C=O) groups excluding carboxylic acids is 4. The summed E-state index contributed by atoms with van der Waals surface area (Å²) in [5.74, 6) is -2.11. The van der Waals surface area contributed by atoms with Crippen LogP contribution in [0.1, 0.15) is 54.4 Å². The second kappa shape index (κ2) is 11.8. The molecule has 0 saturated carbocycles. The third-order valence-electron chi connectivity index (χ3n) is 7.41. The molecule has 3 unspecified atom stereocenters. The van der Waals surface area contributed by atoms with E-state index in [-0.39, 0.29) is 24.7 Å². The average Bonchev–Trinajstić information content (AvgIpc) is 2.91. The van der Waals surface area contributed by atoms with Crippen molar-refractivity contribution in [2.24, 2.45) is 40.2 Å². The molecule has 8 heteroatoms. The Bertz CT molecular complexity index is 1110. The van der Waals surface area contributed by atoms with Gasteiger partial charge in [-0.2, -0.15) is 0 Å². The monoisotopic (exact) mass is 492 g/mol. The highest BCUT2D eigenvalue weighted by molar-refractivity contribution is 5.82. The second-order valence-corrected chi connectivity index (χ2v) is 10.1. The number of nitrogens with two attached hydrogens (primary N) is 4. The third kappa shape index (κ3) is 6.93. The molecule has 0 heterocycles. The molecule has 8 N–H and O–H groups in total. The highest BCUT2D eigenvalue weighted by Gasteiger charge is 2.45. The molecule has 4 amide bonds. The summed E-state index contributed by atoms with van der Waals surface area (Å²) in [4.78, 5) is 47.5. The summed E-state index contributed by atoms with van der Waals surface area (Å²) in [6.45, 7) is 0. The molecule has 8 nitrogen and oxygen atoms in total. The molecule has 1 aliphatic rings. The summed E-state index contributed by atoms with van der Waals surface area (Å²) in [5.41, 5.74) is 25.5. The van der Waals surface area contributed by atoms with Crippen molar-refractivity contribution < 1.29 is 19.2 Å². The molecule has 0 aliphatic heterocycles. The van der Waals surface area contributed by atoms with Crippen molar-refractivity contribution in [3.63, 3.8) is 0 Å². The summed E-state index contributed by atoms with van der Waals surface area (Å²) >= 11 is 0. The van der Waals surface area contributed by atoms with E-state index in [1.54, 1.807) is 0 Å². The van der Waals surface area contributed by atoms with Crippen molar-refractivity contribution >= 4 is 23.6 Å². The van der Waals surface area contributed by atoms with Gasteiger partial charge in [-0.05, 0) is 73.1 Å². The SMILES string of the molecule is NC(=O)CCCC(Cc1ccc(CC2(C(N)=O)Cc3cccc(c3)CC2CCC(N)=O)cc1)C(N)=O. The first-order chi connectivity index (χ1) is 17.1. The van der Waals surface area contributed by atoms with E-state index in [9.17, 15) is 19.2 Å². The number of primary amides is 4. The Labute approximate surface area is 211 Å². The topological polar surface area (TPSA) is 172 Å². The number of rotatable bonds is 13. The number of amides is 4. The first kappa shape index (κ1) is 26.9. The zero-order valence-electron chi connectivity index (χ0n) is 20.6. The number of hydrogen-bond acceptors (Lipinski definition) is 4. The molecule has 2 bridgehead atoms. The van der Waals surface area contributed by atoms with Gasteiger partial charge in [0, 0.05) is 18.8 Å². The number of carbonyl (C=O) groups is 4. The van der Waals surface area contributed by atoms with Crippen molar-refractivity contribution in [2.75, 3.05) is 0 Å². The molecule has 3 rings (SSSR count). The van der Waals surface area contributed by atoms with Gasteiger partial charge in [-0.1, -0.05) is 48.5 Å². The second-order valence-electron chi connectivity index (χ2n) is 10.1. The number of benzene rings is 2. The van der Waals surface area contributed by atoms with E-state index in [1.807, 2.05) is 42.5 Å². The Balaban J connectivity index is 1.81. The van der Waals surface area contributed by atoms with E-state index in [0.29, 0.717) is 44.9 Å². The standard InChI is InChI=1S/C28H36N4O4/c29-24(33)6-2-5-22(26(31)35)14-18-7-9-19(10-8-18)16-28(27(32)36)17-21-4-1-3-20(13-21)15-23(28)11-12-25(30)34/h1,3-4,7-10,13,22-23H,2,5-6,11-12,14-17H2,(H2,29,33)(H2,30,34)(H2,31,35)(H2,32,36). The van der Waals surface area contributed by atoms with Crippen LogP contribution >= 0.6 is 0 Å². The fraction of sp³-hybridized carbons (Fsp3) is 0.429. The average molecular weight is 493 g/mol. The van der Waals surface area contributed by atoms with E-state index in [1.165, 1.54) is 0 Å². The summed E-state index contributed by atoms with van der Waals surface area (Å²) in [5, 5.41) is 0. The lowest BCUT2D eigenvalue weighted by molar-refractivity contribution is -0.132. The molecular formula is C28H36N4O4. The van der Waals surface area contributed by atoms with Crippen LogP contribution in [0.2, 0.25) is 0 Å². The molecule has 0 fully saturated rings. The molecular weight excluding hydrogens is 456 g/mol. The van der Waals surface area contributed by atoms with Gasteiger partial charge in [-0.15, -0.1) is 0 Å². The highest BCUT2D eigenvalue weighted by atomic mass is 16.2. The van der Waals surface area contributed by atoms with Gasteiger partial charge in [-0.3, -0.25) is 19.2 Å². The van der Waals surface area contributed by atoms with Gasteiger partial charge in [0.1, 0.15) is 0 Å². The predicted octanol–water partition coefficient (Wildman–Crippen LogP) is 1.68. The Hall–Kier alpha value is -3.68. The molecule has 2 aromatic rings. The Morgan fingerprint density at radius 1 is 0.861 bits per heavy atom. The van der Waals surface area contributed by atoms with Crippen molar-refractivity contribution in [1.29, 1.82) is 0 Å². The zero-order valence-corrected chi connectivity index (χ0v) is 20.6. The van der Waals surface area contributed by atoms with Gasteiger partial charge in [0.05, 0.1) is 5.41 Å². The molecule has 0 saturated heterocycles. The lowest BCUT2D eigenvalue weighted by atomic mass is 9.65. The highest BCUT2D eigenvalue weighted by Crippen LogP contribution is 2.42. The van der Waals surface area contributed by atoms with Crippen molar-refractivity contribution in [1.82, 2.24) is 0 Å². The fourth-order valence-electron chi connectivity index (χ4n) is 5.44. The van der Waals surface area contributed by atoms with Crippen LogP contribution in [0.15, 0.2) is 48.5 Å². The van der Waals surface area contributed by atoms with Gasteiger partial charge >= 0.3 is 0 Å². The number of fused-ring (bicyclic) bond motifs is 2. The molecule has 192 valence electrons. The number of hydrogen-bond donors (Lipinski definition) is 4. The minimum atomic E-state index is -0.864. The van der Waals surface area contributed by atoms with E-state index < -0.39 is 29.1 Å². The Morgan fingerprint density at radius 2 is 1.50 bits per heavy atom. The molecule has 36 heavy (non-hydrogen) atoms. The maximum atomic E-state index is 13.1. The van der Waals surface area contributed by atoms with Gasteiger partial charge < -0.3 is 22.9 Å². The van der Waals surface area contributed by atoms with Gasteiger partial charge in [-0.25, -0.2) is 0 Å². The first-order valence-corrected chi connectivity index (χ1v) is 12.4.